The lowest BCUT2D eigenvalue weighted by molar-refractivity contribution is 0.845. The van der Waals surface area contributed by atoms with Crippen LogP contribution in [0.5, 0.6) is 0 Å². The molecule has 1 heterocycles. The molecule has 0 bridgehead atoms. The minimum absolute atomic E-state index is 0.577. The zero-order valence-electron chi connectivity index (χ0n) is 15.9. The number of hydrogen-bond acceptors (Lipinski definition) is 2. The molecule has 4 heteroatoms. The summed E-state index contributed by atoms with van der Waals surface area (Å²) >= 11 is 13.6. The number of anilines is 2. The van der Waals surface area contributed by atoms with Crippen LogP contribution in [0.25, 0.3) is 0 Å². The van der Waals surface area contributed by atoms with E-state index in [-0.39, 0.29) is 0 Å². The van der Waals surface area contributed by atoms with Crippen LogP contribution in [-0.2, 0) is 0 Å². The molecule has 0 spiro atoms. The van der Waals surface area contributed by atoms with Gasteiger partial charge in [0.2, 0.25) is 4.46 Å². The first-order valence-electron chi connectivity index (χ1n) is 8.66. The maximum atomic E-state index is 6.78. The summed E-state index contributed by atoms with van der Waals surface area (Å²) in [5.74, 6) is 0. The quantitative estimate of drug-likeness (QED) is 0.471. The summed E-state index contributed by atoms with van der Waals surface area (Å²) in [5.41, 5.74) is 9.87. The fourth-order valence-electron chi connectivity index (χ4n) is 4.29. The van der Waals surface area contributed by atoms with Gasteiger partial charge in [0.05, 0.1) is 13.2 Å². The Morgan fingerprint density at radius 1 is 0.720 bits per heavy atom. The Hall–Kier alpha value is -1.38. The second-order valence-corrected chi connectivity index (χ2v) is 8.87. The molecule has 0 aliphatic carbocycles. The van der Waals surface area contributed by atoms with E-state index in [4.69, 9.17) is 23.2 Å². The second kappa shape index (κ2) is 6.41. The van der Waals surface area contributed by atoms with Gasteiger partial charge in [0.25, 0.3) is 0 Å². The molecule has 1 aliphatic rings. The third kappa shape index (κ3) is 3.35. The van der Waals surface area contributed by atoms with Gasteiger partial charge in [-0.05, 0) is 63.8 Å². The Kier molecular flexibility index (Phi) is 4.72. The average molecular weight is 377 g/mol. The molecular weight excluding hydrogens is 351 g/mol. The number of aryl methyl sites for hydroxylation is 6. The highest BCUT2D eigenvalue weighted by Crippen LogP contribution is 2.43. The fourth-order valence-corrected chi connectivity index (χ4v) is 4.86. The first-order chi connectivity index (χ1) is 11.6. The van der Waals surface area contributed by atoms with Gasteiger partial charge in [0.1, 0.15) is 0 Å². The monoisotopic (exact) mass is 376 g/mol. The SMILES string of the molecule is Cc1cc(C)c(N2CN(c3c(C)cc(C)cc3C)C(Cl)(Cl)C2)c(C)c1. The molecule has 0 aromatic heterocycles. The molecule has 134 valence electrons. The van der Waals surface area contributed by atoms with E-state index >= 15 is 0 Å². The minimum atomic E-state index is -0.950. The number of nitrogens with zero attached hydrogens (tertiary/aromatic N) is 2. The van der Waals surface area contributed by atoms with Crippen LogP contribution in [0.2, 0.25) is 0 Å². The molecule has 0 atom stereocenters. The largest absolute Gasteiger partial charge is 0.348 e. The Balaban J connectivity index is 2.04. The van der Waals surface area contributed by atoms with Crippen LogP contribution < -0.4 is 9.80 Å². The van der Waals surface area contributed by atoms with E-state index in [2.05, 4.69) is 75.6 Å². The van der Waals surface area contributed by atoms with Crippen molar-refractivity contribution in [3.8, 4) is 0 Å². The molecule has 0 amide bonds. The summed E-state index contributed by atoms with van der Waals surface area (Å²) < 4.78 is -0.950. The zero-order chi connectivity index (χ0) is 18.5. The maximum Gasteiger partial charge on any atom is 0.209 e. The molecule has 1 fully saturated rings. The van der Waals surface area contributed by atoms with Gasteiger partial charge in [-0.15, -0.1) is 0 Å². The summed E-state index contributed by atoms with van der Waals surface area (Å²) in [7, 11) is 0. The van der Waals surface area contributed by atoms with Crippen LogP contribution in [0.1, 0.15) is 33.4 Å². The van der Waals surface area contributed by atoms with Crippen molar-refractivity contribution in [2.45, 2.75) is 46.0 Å². The summed E-state index contributed by atoms with van der Waals surface area (Å²) in [5, 5.41) is 0. The summed E-state index contributed by atoms with van der Waals surface area (Å²) in [6.07, 6.45) is 0. The van der Waals surface area contributed by atoms with Crippen molar-refractivity contribution in [1.29, 1.82) is 0 Å². The van der Waals surface area contributed by atoms with E-state index in [1.54, 1.807) is 0 Å². The van der Waals surface area contributed by atoms with Gasteiger partial charge in [0, 0.05) is 11.4 Å². The highest BCUT2D eigenvalue weighted by molar-refractivity contribution is 6.50. The third-order valence-electron chi connectivity index (χ3n) is 4.95. The van der Waals surface area contributed by atoms with Crippen LogP contribution in [0.4, 0.5) is 11.4 Å². The van der Waals surface area contributed by atoms with Gasteiger partial charge < -0.3 is 9.80 Å². The lowest BCUT2D eigenvalue weighted by Gasteiger charge is -2.30. The molecule has 0 N–H and O–H groups in total. The number of hydrogen-bond donors (Lipinski definition) is 0. The average Bonchev–Trinajstić information content (AvgIpc) is 2.72. The minimum Gasteiger partial charge on any atom is -0.348 e. The van der Waals surface area contributed by atoms with Gasteiger partial charge in [-0.3, -0.25) is 0 Å². The maximum absolute atomic E-state index is 6.78. The number of halogens is 2. The van der Waals surface area contributed by atoms with E-state index in [9.17, 15) is 0 Å². The van der Waals surface area contributed by atoms with Crippen molar-refractivity contribution in [3.63, 3.8) is 0 Å². The third-order valence-corrected chi connectivity index (χ3v) is 5.59. The first kappa shape index (κ1) is 18.4. The molecule has 2 aromatic carbocycles. The summed E-state index contributed by atoms with van der Waals surface area (Å²) in [4.78, 5) is 4.42. The van der Waals surface area contributed by atoms with Crippen molar-refractivity contribution in [2.24, 2.45) is 0 Å². The molecule has 0 radical (unpaired) electrons. The van der Waals surface area contributed by atoms with E-state index in [1.165, 1.54) is 39.1 Å². The molecule has 2 aromatic rings. The van der Waals surface area contributed by atoms with Crippen molar-refractivity contribution in [2.75, 3.05) is 23.0 Å². The molecule has 2 nitrogen and oxygen atoms in total. The highest BCUT2D eigenvalue weighted by atomic mass is 35.5. The van der Waals surface area contributed by atoms with Crippen LogP contribution >= 0.6 is 23.2 Å². The van der Waals surface area contributed by atoms with Crippen LogP contribution in [0.15, 0.2) is 24.3 Å². The first-order valence-corrected chi connectivity index (χ1v) is 9.42. The molecule has 1 aliphatic heterocycles. The lowest BCUT2D eigenvalue weighted by Crippen LogP contribution is -2.36. The summed E-state index contributed by atoms with van der Waals surface area (Å²) in [6, 6.07) is 8.82. The lowest BCUT2D eigenvalue weighted by atomic mass is 10.0. The topological polar surface area (TPSA) is 6.48 Å². The smallest absolute Gasteiger partial charge is 0.209 e. The highest BCUT2D eigenvalue weighted by Gasteiger charge is 2.43. The fraction of sp³-hybridized carbons (Fsp3) is 0.429. The van der Waals surface area contributed by atoms with E-state index in [1.807, 2.05) is 0 Å². The van der Waals surface area contributed by atoms with Crippen molar-refractivity contribution >= 4 is 34.6 Å². The van der Waals surface area contributed by atoms with Gasteiger partial charge in [-0.2, -0.15) is 0 Å². The molecule has 1 saturated heterocycles. The van der Waals surface area contributed by atoms with Crippen LogP contribution in [0, 0.1) is 41.5 Å². The van der Waals surface area contributed by atoms with Crippen molar-refractivity contribution < 1.29 is 0 Å². The normalized spacial score (nSPS) is 16.6. The van der Waals surface area contributed by atoms with E-state index < -0.39 is 4.46 Å². The number of rotatable bonds is 2. The molecular formula is C21H26Cl2N2. The van der Waals surface area contributed by atoms with Crippen LogP contribution in [-0.4, -0.2) is 17.7 Å². The molecule has 0 saturated carbocycles. The Bertz CT molecular complexity index is 781. The predicted molar refractivity (Wildman–Crippen MR) is 110 cm³/mol. The van der Waals surface area contributed by atoms with Crippen molar-refractivity contribution in [1.82, 2.24) is 0 Å². The van der Waals surface area contributed by atoms with Crippen LogP contribution in [0.3, 0.4) is 0 Å². The number of benzene rings is 2. The van der Waals surface area contributed by atoms with Gasteiger partial charge in [-0.1, -0.05) is 58.6 Å². The second-order valence-electron chi connectivity index (χ2n) is 7.43. The Morgan fingerprint density at radius 2 is 1.12 bits per heavy atom. The van der Waals surface area contributed by atoms with Gasteiger partial charge in [0.15, 0.2) is 0 Å². The van der Waals surface area contributed by atoms with Crippen molar-refractivity contribution in [3.05, 3.63) is 57.6 Å². The molecule has 25 heavy (non-hydrogen) atoms. The predicted octanol–water partition coefficient (Wildman–Crippen LogP) is 5.95. The molecule has 0 unspecified atom stereocenters. The summed E-state index contributed by atoms with van der Waals surface area (Å²) in [6.45, 7) is 14.1. The standard InChI is InChI=1S/C21H26Cl2N2/c1-13-7-15(3)19(16(4)8-13)24-11-21(22,23)25(12-24)20-17(5)9-14(2)10-18(20)6/h7-10H,11-12H2,1-6H3. The Labute approximate surface area is 161 Å². The van der Waals surface area contributed by atoms with E-state index in [0.717, 1.165) is 5.69 Å². The zero-order valence-corrected chi connectivity index (χ0v) is 17.4. The van der Waals surface area contributed by atoms with Gasteiger partial charge in [-0.25, -0.2) is 0 Å². The molecule has 3 rings (SSSR count). The van der Waals surface area contributed by atoms with Gasteiger partial charge >= 0.3 is 0 Å². The Morgan fingerprint density at radius 3 is 1.56 bits per heavy atom. The van der Waals surface area contributed by atoms with E-state index in [0.29, 0.717) is 13.2 Å². The number of alkyl halides is 2.